The highest BCUT2D eigenvalue weighted by molar-refractivity contribution is 5.24. The van der Waals surface area contributed by atoms with Crippen LogP contribution in [0.4, 0.5) is 0 Å². The summed E-state index contributed by atoms with van der Waals surface area (Å²) >= 11 is 0. The van der Waals surface area contributed by atoms with Gasteiger partial charge in [-0.3, -0.25) is 4.68 Å². The molecule has 2 N–H and O–H groups in total. The molecule has 2 aromatic rings. The van der Waals surface area contributed by atoms with Crippen LogP contribution in [0.3, 0.4) is 0 Å². The highest BCUT2D eigenvalue weighted by Gasteiger charge is 2.22. The minimum absolute atomic E-state index is 0.481. The molecule has 2 heterocycles. The molecule has 1 aliphatic rings. The van der Waals surface area contributed by atoms with E-state index >= 15 is 0 Å². The molecule has 3 rings (SSSR count). The SMILES string of the molecule is Cn1ncc2c1CCCC2NCCCc1ncc[nH]1. The van der Waals surface area contributed by atoms with Gasteiger partial charge in [0, 0.05) is 43.2 Å². The van der Waals surface area contributed by atoms with Crippen LogP contribution < -0.4 is 5.32 Å². The van der Waals surface area contributed by atoms with Crippen molar-refractivity contribution < 1.29 is 0 Å². The fraction of sp³-hybridized carbons (Fsp3) is 0.571. The Labute approximate surface area is 113 Å². The molecule has 0 radical (unpaired) electrons. The predicted octanol–water partition coefficient (Wildman–Crippen LogP) is 1.74. The summed E-state index contributed by atoms with van der Waals surface area (Å²) in [6.07, 6.45) is 11.5. The van der Waals surface area contributed by atoms with Crippen LogP contribution in [0.5, 0.6) is 0 Å². The average molecular weight is 259 g/mol. The van der Waals surface area contributed by atoms with Gasteiger partial charge < -0.3 is 10.3 Å². The highest BCUT2D eigenvalue weighted by atomic mass is 15.3. The van der Waals surface area contributed by atoms with Crippen molar-refractivity contribution in [1.29, 1.82) is 0 Å². The second kappa shape index (κ2) is 5.57. The first-order chi connectivity index (χ1) is 9.34. The fourth-order valence-corrected chi connectivity index (χ4v) is 2.89. The number of aromatic amines is 1. The van der Waals surface area contributed by atoms with E-state index in [1.807, 2.05) is 30.3 Å². The van der Waals surface area contributed by atoms with Gasteiger partial charge in [-0.25, -0.2) is 4.98 Å². The Kier molecular flexibility index (Phi) is 3.64. The van der Waals surface area contributed by atoms with Gasteiger partial charge in [-0.2, -0.15) is 5.10 Å². The normalized spacial score (nSPS) is 18.5. The molecule has 0 saturated heterocycles. The van der Waals surface area contributed by atoms with Crippen LogP contribution in [0.2, 0.25) is 0 Å². The van der Waals surface area contributed by atoms with Crippen LogP contribution in [0.25, 0.3) is 0 Å². The molecule has 0 fully saturated rings. The molecule has 0 aliphatic heterocycles. The number of aryl methyl sites for hydroxylation is 2. The number of hydrogen-bond donors (Lipinski definition) is 2. The van der Waals surface area contributed by atoms with Crippen LogP contribution >= 0.6 is 0 Å². The summed E-state index contributed by atoms with van der Waals surface area (Å²) in [5.74, 6) is 1.08. The number of H-pyrrole nitrogens is 1. The molecular weight excluding hydrogens is 238 g/mol. The summed E-state index contributed by atoms with van der Waals surface area (Å²) in [6, 6.07) is 0.481. The van der Waals surface area contributed by atoms with Gasteiger partial charge in [0.15, 0.2) is 0 Å². The minimum atomic E-state index is 0.481. The first kappa shape index (κ1) is 12.4. The standard InChI is InChI=1S/C14H21N5/c1-19-13-5-2-4-12(11(13)10-18-19)15-7-3-6-14-16-8-9-17-14/h8-10,12,15H,2-7H2,1H3,(H,16,17). The summed E-state index contributed by atoms with van der Waals surface area (Å²) in [5.41, 5.74) is 2.79. The van der Waals surface area contributed by atoms with Gasteiger partial charge in [0.05, 0.1) is 6.20 Å². The summed E-state index contributed by atoms with van der Waals surface area (Å²) in [6.45, 7) is 1.03. The number of nitrogens with zero attached hydrogens (tertiary/aromatic N) is 3. The number of hydrogen-bond acceptors (Lipinski definition) is 3. The van der Waals surface area contributed by atoms with Gasteiger partial charge >= 0.3 is 0 Å². The molecule has 5 heteroatoms. The third-order valence-corrected chi connectivity index (χ3v) is 3.91. The third kappa shape index (κ3) is 2.71. The van der Waals surface area contributed by atoms with Crippen molar-refractivity contribution in [1.82, 2.24) is 25.1 Å². The Morgan fingerprint density at radius 2 is 2.47 bits per heavy atom. The smallest absolute Gasteiger partial charge is 0.106 e. The van der Waals surface area contributed by atoms with E-state index in [-0.39, 0.29) is 0 Å². The molecule has 0 saturated carbocycles. The first-order valence-corrected chi connectivity index (χ1v) is 7.07. The zero-order valence-electron chi connectivity index (χ0n) is 11.4. The highest BCUT2D eigenvalue weighted by Crippen LogP contribution is 2.28. The van der Waals surface area contributed by atoms with Gasteiger partial charge in [0.2, 0.25) is 0 Å². The van der Waals surface area contributed by atoms with Crippen LogP contribution in [0, 0.1) is 0 Å². The summed E-state index contributed by atoms with van der Waals surface area (Å²) in [7, 11) is 2.04. The molecule has 0 spiro atoms. The van der Waals surface area contributed by atoms with E-state index in [1.165, 1.54) is 24.1 Å². The van der Waals surface area contributed by atoms with Crippen LogP contribution in [-0.2, 0) is 19.9 Å². The minimum Gasteiger partial charge on any atom is -0.349 e. The van der Waals surface area contributed by atoms with E-state index in [0.29, 0.717) is 6.04 Å². The lowest BCUT2D eigenvalue weighted by Crippen LogP contribution is -2.26. The van der Waals surface area contributed by atoms with Gasteiger partial charge in [0.25, 0.3) is 0 Å². The zero-order chi connectivity index (χ0) is 13.1. The van der Waals surface area contributed by atoms with E-state index in [1.54, 1.807) is 0 Å². The van der Waals surface area contributed by atoms with Gasteiger partial charge in [-0.05, 0) is 32.2 Å². The lowest BCUT2D eigenvalue weighted by molar-refractivity contribution is 0.448. The van der Waals surface area contributed by atoms with E-state index < -0.39 is 0 Å². The van der Waals surface area contributed by atoms with Crippen LogP contribution in [-0.4, -0.2) is 26.3 Å². The van der Waals surface area contributed by atoms with Crippen molar-refractivity contribution in [3.8, 4) is 0 Å². The predicted molar refractivity (Wildman–Crippen MR) is 73.8 cm³/mol. The maximum atomic E-state index is 4.38. The van der Waals surface area contributed by atoms with Crippen molar-refractivity contribution in [3.63, 3.8) is 0 Å². The summed E-state index contributed by atoms with van der Waals surface area (Å²) < 4.78 is 2.02. The van der Waals surface area contributed by atoms with Crippen molar-refractivity contribution in [2.24, 2.45) is 7.05 Å². The topological polar surface area (TPSA) is 58.5 Å². The van der Waals surface area contributed by atoms with Crippen molar-refractivity contribution in [3.05, 3.63) is 35.7 Å². The number of aromatic nitrogens is 4. The van der Waals surface area contributed by atoms with E-state index in [2.05, 4.69) is 20.4 Å². The zero-order valence-corrected chi connectivity index (χ0v) is 11.4. The molecule has 0 aromatic carbocycles. The fourth-order valence-electron chi connectivity index (χ4n) is 2.89. The van der Waals surface area contributed by atoms with Crippen molar-refractivity contribution in [2.45, 2.75) is 38.1 Å². The number of rotatable bonds is 5. The Hall–Kier alpha value is -1.62. The molecule has 1 unspecified atom stereocenters. The molecule has 1 aliphatic carbocycles. The maximum absolute atomic E-state index is 4.38. The maximum Gasteiger partial charge on any atom is 0.106 e. The van der Waals surface area contributed by atoms with Crippen LogP contribution in [0.15, 0.2) is 18.6 Å². The Balaban J connectivity index is 1.51. The largest absolute Gasteiger partial charge is 0.349 e. The van der Waals surface area contributed by atoms with Crippen molar-refractivity contribution >= 4 is 0 Å². The third-order valence-electron chi connectivity index (χ3n) is 3.91. The molecule has 102 valence electrons. The second-order valence-electron chi connectivity index (χ2n) is 5.21. The summed E-state index contributed by atoms with van der Waals surface area (Å²) in [5, 5.41) is 8.04. The Morgan fingerprint density at radius 1 is 1.53 bits per heavy atom. The lowest BCUT2D eigenvalue weighted by atomic mass is 9.93. The quantitative estimate of drug-likeness (QED) is 0.804. The second-order valence-corrected chi connectivity index (χ2v) is 5.21. The summed E-state index contributed by atoms with van der Waals surface area (Å²) in [4.78, 5) is 7.39. The van der Waals surface area contributed by atoms with E-state index in [4.69, 9.17) is 0 Å². The van der Waals surface area contributed by atoms with Gasteiger partial charge in [0.1, 0.15) is 5.82 Å². The molecule has 1 atom stereocenters. The number of imidazole rings is 1. The average Bonchev–Trinajstić information content (AvgIpc) is 3.06. The molecule has 0 bridgehead atoms. The molecule has 0 amide bonds. The van der Waals surface area contributed by atoms with E-state index in [0.717, 1.165) is 31.6 Å². The van der Waals surface area contributed by atoms with E-state index in [9.17, 15) is 0 Å². The van der Waals surface area contributed by atoms with Crippen molar-refractivity contribution in [2.75, 3.05) is 6.54 Å². The molecule has 2 aromatic heterocycles. The lowest BCUT2D eigenvalue weighted by Gasteiger charge is -2.23. The molecule has 5 nitrogen and oxygen atoms in total. The number of nitrogens with one attached hydrogen (secondary N) is 2. The molecule has 19 heavy (non-hydrogen) atoms. The first-order valence-electron chi connectivity index (χ1n) is 7.07. The monoisotopic (exact) mass is 259 g/mol. The van der Waals surface area contributed by atoms with Gasteiger partial charge in [-0.15, -0.1) is 0 Å². The number of fused-ring (bicyclic) bond motifs is 1. The Morgan fingerprint density at radius 3 is 3.32 bits per heavy atom. The molecular formula is C14H21N5. The van der Waals surface area contributed by atoms with Gasteiger partial charge in [-0.1, -0.05) is 0 Å². The van der Waals surface area contributed by atoms with Crippen LogP contribution in [0.1, 0.15) is 42.4 Å². The Bertz CT molecular complexity index is 514.